The van der Waals surface area contributed by atoms with Crippen molar-refractivity contribution in [1.29, 1.82) is 0 Å². The van der Waals surface area contributed by atoms with Crippen LogP contribution in [-0.4, -0.2) is 34.7 Å². The van der Waals surface area contributed by atoms with Crippen LogP contribution in [0.1, 0.15) is 31.2 Å². The fourth-order valence-corrected chi connectivity index (χ4v) is 4.61. The van der Waals surface area contributed by atoms with Crippen molar-refractivity contribution in [3.05, 3.63) is 106 Å². The molecule has 0 spiro atoms. The lowest BCUT2D eigenvalue weighted by atomic mass is 10.1. The second kappa shape index (κ2) is 11.1. The highest BCUT2D eigenvalue weighted by molar-refractivity contribution is 7.09. The summed E-state index contributed by atoms with van der Waals surface area (Å²) in [5.74, 6) is 0.356. The van der Waals surface area contributed by atoms with E-state index in [2.05, 4.69) is 10.6 Å². The molecule has 10 heteroatoms. The Balaban J connectivity index is 1.24. The van der Waals surface area contributed by atoms with Crippen LogP contribution < -0.4 is 20.1 Å². The van der Waals surface area contributed by atoms with Crippen molar-refractivity contribution in [2.45, 2.75) is 13.1 Å². The Morgan fingerprint density at radius 1 is 0.789 bits per heavy atom. The zero-order valence-electron chi connectivity index (χ0n) is 20.0. The van der Waals surface area contributed by atoms with E-state index in [1.54, 1.807) is 66.7 Å². The second-order valence-electron chi connectivity index (χ2n) is 8.44. The molecule has 38 heavy (non-hydrogen) atoms. The minimum absolute atomic E-state index is 0.114. The molecule has 0 bridgehead atoms. The Morgan fingerprint density at radius 3 is 2.11 bits per heavy atom. The number of hydrogen-bond acceptors (Lipinski definition) is 6. The molecular weight excluding hydrogens is 506 g/mol. The van der Waals surface area contributed by atoms with Gasteiger partial charge in [-0.1, -0.05) is 30.3 Å². The number of fused-ring (bicyclic) bond motifs is 1. The summed E-state index contributed by atoms with van der Waals surface area (Å²) < 4.78 is 10.6. The van der Waals surface area contributed by atoms with Crippen LogP contribution in [0.3, 0.4) is 0 Å². The lowest BCUT2D eigenvalue weighted by molar-refractivity contribution is 0.101. The Bertz CT molecular complexity index is 1470. The molecule has 3 N–H and O–H groups in total. The van der Waals surface area contributed by atoms with E-state index in [0.29, 0.717) is 40.5 Å². The first-order valence-corrected chi connectivity index (χ1v) is 12.5. The maximum atomic E-state index is 12.9. The minimum Gasteiger partial charge on any atom is -0.465 e. The number of nitrogens with one attached hydrogen (secondary N) is 2. The van der Waals surface area contributed by atoms with Crippen LogP contribution >= 0.6 is 11.3 Å². The lowest BCUT2D eigenvalue weighted by Crippen LogP contribution is -2.28. The summed E-state index contributed by atoms with van der Waals surface area (Å²) in [6, 6.07) is 22.3. The number of hydrogen-bond donors (Lipinski definition) is 3. The smallest absolute Gasteiger partial charge is 0.407 e. The number of ether oxygens (including phenoxy) is 2. The highest BCUT2D eigenvalue weighted by Crippen LogP contribution is 2.33. The van der Waals surface area contributed by atoms with Crippen LogP contribution in [0.2, 0.25) is 0 Å². The summed E-state index contributed by atoms with van der Waals surface area (Å²) >= 11 is 1.50. The number of nitrogens with zero attached hydrogens (tertiary/aromatic N) is 1. The van der Waals surface area contributed by atoms with Gasteiger partial charge in [-0.2, -0.15) is 0 Å². The predicted molar refractivity (Wildman–Crippen MR) is 143 cm³/mol. The van der Waals surface area contributed by atoms with Gasteiger partial charge < -0.3 is 25.2 Å². The molecule has 3 amide bonds. The summed E-state index contributed by atoms with van der Waals surface area (Å²) in [4.78, 5) is 39.7. The van der Waals surface area contributed by atoms with Gasteiger partial charge in [0.1, 0.15) is 0 Å². The number of rotatable bonds is 8. The Kier molecular flexibility index (Phi) is 7.23. The van der Waals surface area contributed by atoms with E-state index in [0.717, 1.165) is 10.4 Å². The molecular formula is C28H23N3O6S. The Hall–Kier alpha value is -4.83. The SMILES string of the molecule is O=C(Nc1ccccc1NC(=O)c1ccc2c(c1)OCO2)c1ccc(CN(Cc2cccs2)C(=O)O)cc1. The highest BCUT2D eigenvalue weighted by atomic mass is 32.1. The summed E-state index contributed by atoms with van der Waals surface area (Å²) in [6.45, 7) is 0.608. The third-order valence-electron chi connectivity index (χ3n) is 5.85. The van der Waals surface area contributed by atoms with Crippen molar-refractivity contribution in [1.82, 2.24) is 4.90 Å². The first-order valence-electron chi connectivity index (χ1n) is 11.7. The third kappa shape index (κ3) is 5.76. The monoisotopic (exact) mass is 529 g/mol. The van der Waals surface area contributed by atoms with Crippen molar-refractivity contribution < 1.29 is 29.0 Å². The van der Waals surface area contributed by atoms with Crippen molar-refractivity contribution >= 4 is 40.6 Å². The molecule has 0 saturated heterocycles. The van der Waals surface area contributed by atoms with Gasteiger partial charge in [0.25, 0.3) is 11.8 Å². The first kappa shape index (κ1) is 24.8. The predicted octanol–water partition coefficient (Wildman–Crippen LogP) is 5.66. The molecule has 0 atom stereocenters. The van der Waals surface area contributed by atoms with Crippen LogP contribution in [0, 0.1) is 0 Å². The molecule has 0 unspecified atom stereocenters. The molecule has 0 radical (unpaired) electrons. The van der Waals surface area contributed by atoms with Gasteiger partial charge in [0.2, 0.25) is 6.79 Å². The molecule has 192 valence electrons. The highest BCUT2D eigenvalue weighted by Gasteiger charge is 2.18. The van der Waals surface area contributed by atoms with Gasteiger partial charge in [-0.25, -0.2) is 4.79 Å². The molecule has 0 saturated carbocycles. The standard InChI is InChI=1S/C28H23N3O6S/c32-26(19-9-7-18(8-10-19)15-31(28(34)35)16-21-4-3-13-38-21)29-22-5-1-2-6-23(22)30-27(33)20-11-12-24-25(14-20)37-17-36-24/h1-14H,15-17H2,(H,29,32)(H,30,33)(H,34,35). The summed E-state index contributed by atoms with van der Waals surface area (Å²) in [7, 11) is 0. The fraction of sp³-hybridized carbons (Fsp3) is 0.107. The van der Waals surface area contributed by atoms with Crippen LogP contribution in [0.15, 0.2) is 84.2 Å². The van der Waals surface area contributed by atoms with E-state index < -0.39 is 6.09 Å². The van der Waals surface area contributed by atoms with Gasteiger partial charge >= 0.3 is 6.09 Å². The molecule has 1 aliphatic heterocycles. The largest absolute Gasteiger partial charge is 0.465 e. The number of benzene rings is 3. The van der Waals surface area contributed by atoms with Gasteiger partial charge in [0, 0.05) is 22.5 Å². The normalized spacial score (nSPS) is 11.6. The Morgan fingerprint density at radius 2 is 1.45 bits per heavy atom. The number of carbonyl (C=O) groups excluding carboxylic acids is 2. The van der Waals surface area contributed by atoms with E-state index in [9.17, 15) is 19.5 Å². The number of carbonyl (C=O) groups is 3. The zero-order chi connectivity index (χ0) is 26.5. The third-order valence-corrected chi connectivity index (χ3v) is 6.71. The molecule has 9 nitrogen and oxygen atoms in total. The second-order valence-corrected chi connectivity index (χ2v) is 9.47. The van der Waals surface area contributed by atoms with E-state index in [1.165, 1.54) is 16.2 Å². The summed E-state index contributed by atoms with van der Waals surface area (Å²) in [5, 5.41) is 17.1. The van der Waals surface area contributed by atoms with Crippen LogP contribution in [-0.2, 0) is 13.1 Å². The minimum atomic E-state index is -1.01. The summed E-state index contributed by atoms with van der Waals surface area (Å²) in [5.41, 5.74) is 2.41. The number of carboxylic acid groups (broad SMARTS) is 1. The first-order chi connectivity index (χ1) is 18.5. The average Bonchev–Trinajstić information content (AvgIpc) is 3.61. The molecule has 1 aliphatic rings. The number of amides is 3. The number of anilines is 2. The van der Waals surface area contributed by atoms with Crippen LogP contribution in [0.5, 0.6) is 11.5 Å². The molecule has 0 fully saturated rings. The molecule has 1 aromatic heterocycles. The van der Waals surface area contributed by atoms with Crippen LogP contribution in [0.4, 0.5) is 16.2 Å². The van der Waals surface area contributed by atoms with E-state index in [-0.39, 0.29) is 25.2 Å². The van der Waals surface area contributed by atoms with E-state index >= 15 is 0 Å². The van der Waals surface area contributed by atoms with Gasteiger partial charge in [0.05, 0.1) is 17.9 Å². The summed E-state index contributed by atoms with van der Waals surface area (Å²) in [6.07, 6.45) is -1.01. The maximum Gasteiger partial charge on any atom is 0.407 e. The zero-order valence-corrected chi connectivity index (χ0v) is 20.9. The fourth-order valence-electron chi connectivity index (χ4n) is 3.89. The van der Waals surface area contributed by atoms with Crippen molar-refractivity contribution in [2.75, 3.05) is 17.4 Å². The molecule has 4 aromatic rings. The molecule has 2 heterocycles. The van der Waals surface area contributed by atoms with Gasteiger partial charge in [-0.05, 0) is 59.5 Å². The van der Waals surface area contributed by atoms with Crippen molar-refractivity contribution in [3.63, 3.8) is 0 Å². The number of thiophene rings is 1. The number of para-hydroxylation sites is 2. The van der Waals surface area contributed by atoms with Crippen molar-refractivity contribution in [3.8, 4) is 11.5 Å². The van der Waals surface area contributed by atoms with Crippen LogP contribution in [0.25, 0.3) is 0 Å². The van der Waals surface area contributed by atoms with E-state index in [4.69, 9.17) is 9.47 Å². The topological polar surface area (TPSA) is 117 Å². The molecule has 0 aliphatic carbocycles. The molecule has 3 aromatic carbocycles. The van der Waals surface area contributed by atoms with Gasteiger partial charge in [-0.15, -0.1) is 11.3 Å². The van der Waals surface area contributed by atoms with Gasteiger partial charge in [0.15, 0.2) is 11.5 Å². The van der Waals surface area contributed by atoms with E-state index in [1.807, 2.05) is 17.5 Å². The van der Waals surface area contributed by atoms with Gasteiger partial charge in [-0.3, -0.25) is 14.5 Å². The quantitative estimate of drug-likeness (QED) is 0.271. The average molecular weight is 530 g/mol. The lowest BCUT2D eigenvalue weighted by Gasteiger charge is -2.18. The van der Waals surface area contributed by atoms with Crippen molar-refractivity contribution in [2.24, 2.45) is 0 Å². The Labute approximate surface area is 222 Å². The maximum absolute atomic E-state index is 12.9. The molecule has 5 rings (SSSR count).